The van der Waals surface area contributed by atoms with Crippen LogP contribution in [0.3, 0.4) is 0 Å². The maximum absolute atomic E-state index is 5.74. The van der Waals surface area contributed by atoms with Crippen LogP contribution < -0.4 is 5.73 Å². The first-order valence-electron chi connectivity index (χ1n) is 5.72. The van der Waals surface area contributed by atoms with E-state index in [1.54, 1.807) is 12.4 Å². The normalized spacial score (nSPS) is 11.0. The molecule has 3 aromatic rings. The zero-order valence-corrected chi connectivity index (χ0v) is 10.0. The molecule has 90 valence electrons. The summed E-state index contributed by atoms with van der Waals surface area (Å²) in [4.78, 5) is 4.67. The lowest BCUT2D eigenvalue weighted by molar-refractivity contribution is 0.949. The number of nitrogens with two attached hydrogens (primary N) is 1. The van der Waals surface area contributed by atoms with Crippen molar-refractivity contribution in [3.63, 3.8) is 0 Å². The van der Waals surface area contributed by atoms with Gasteiger partial charge in [-0.3, -0.25) is 0 Å². The number of aryl methyl sites for hydroxylation is 1. The molecular weight excluding hydrogens is 226 g/mol. The van der Waals surface area contributed by atoms with Crippen molar-refractivity contribution in [3.8, 4) is 11.4 Å². The standard InChI is InChI=1S/C13H13N5/c1-18-11-4-2-3-9(7-14)12(11)17-13(18)10-5-6-15-16-8-10/h2-6,8H,7,14H2,1H3. The van der Waals surface area contributed by atoms with Crippen LogP contribution in [-0.4, -0.2) is 19.7 Å². The van der Waals surface area contributed by atoms with E-state index in [2.05, 4.69) is 15.2 Å². The fraction of sp³-hybridized carbons (Fsp3) is 0.154. The van der Waals surface area contributed by atoms with E-state index in [9.17, 15) is 0 Å². The molecule has 0 aliphatic carbocycles. The van der Waals surface area contributed by atoms with Gasteiger partial charge in [-0.05, 0) is 17.7 Å². The van der Waals surface area contributed by atoms with Crippen LogP contribution in [0.1, 0.15) is 5.56 Å². The molecule has 0 fully saturated rings. The first kappa shape index (κ1) is 10.9. The Bertz CT molecular complexity index is 687. The molecule has 0 amide bonds. The lowest BCUT2D eigenvalue weighted by atomic mass is 10.2. The highest BCUT2D eigenvalue weighted by atomic mass is 15.1. The molecule has 5 heteroatoms. The molecule has 0 spiro atoms. The third-order valence-corrected chi connectivity index (χ3v) is 3.06. The van der Waals surface area contributed by atoms with Gasteiger partial charge in [0.2, 0.25) is 0 Å². The van der Waals surface area contributed by atoms with E-state index in [4.69, 9.17) is 5.73 Å². The molecule has 5 nitrogen and oxygen atoms in total. The lowest BCUT2D eigenvalue weighted by Gasteiger charge is -2.01. The van der Waals surface area contributed by atoms with E-state index in [1.165, 1.54) is 0 Å². The van der Waals surface area contributed by atoms with Crippen molar-refractivity contribution < 1.29 is 0 Å². The molecule has 0 radical (unpaired) electrons. The van der Waals surface area contributed by atoms with Gasteiger partial charge in [-0.1, -0.05) is 12.1 Å². The van der Waals surface area contributed by atoms with Crippen molar-refractivity contribution >= 4 is 11.0 Å². The fourth-order valence-corrected chi connectivity index (χ4v) is 2.12. The van der Waals surface area contributed by atoms with Gasteiger partial charge >= 0.3 is 0 Å². The molecule has 2 N–H and O–H groups in total. The Morgan fingerprint density at radius 2 is 2.11 bits per heavy atom. The summed E-state index contributed by atoms with van der Waals surface area (Å²) in [6.45, 7) is 0.488. The minimum atomic E-state index is 0.488. The van der Waals surface area contributed by atoms with Gasteiger partial charge in [-0.15, -0.1) is 0 Å². The topological polar surface area (TPSA) is 69.6 Å². The van der Waals surface area contributed by atoms with Crippen LogP contribution >= 0.6 is 0 Å². The van der Waals surface area contributed by atoms with Gasteiger partial charge < -0.3 is 10.3 Å². The summed E-state index contributed by atoms with van der Waals surface area (Å²) in [6.07, 6.45) is 3.38. The summed E-state index contributed by atoms with van der Waals surface area (Å²) in [7, 11) is 1.99. The molecule has 1 aromatic carbocycles. The van der Waals surface area contributed by atoms with Gasteiger partial charge in [0, 0.05) is 19.2 Å². The Morgan fingerprint density at radius 1 is 1.22 bits per heavy atom. The maximum atomic E-state index is 5.74. The second-order valence-corrected chi connectivity index (χ2v) is 4.11. The number of benzene rings is 1. The third kappa shape index (κ3) is 1.56. The van der Waals surface area contributed by atoms with Gasteiger partial charge in [-0.2, -0.15) is 10.2 Å². The van der Waals surface area contributed by atoms with E-state index in [1.807, 2.05) is 35.9 Å². The zero-order valence-electron chi connectivity index (χ0n) is 10.0. The van der Waals surface area contributed by atoms with Gasteiger partial charge in [0.25, 0.3) is 0 Å². The van der Waals surface area contributed by atoms with Crippen molar-refractivity contribution in [1.82, 2.24) is 19.7 Å². The molecule has 18 heavy (non-hydrogen) atoms. The summed E-state index contributed by atoms with van der Waals surface area (Å²) in [5, 5.41) is 7.67. The van der Waals surface area contributed by atoms with E-state index >= 15 is 0 Å². The Morgan fingerprint density at radius 3 is 2.83 bits per heavy atom. The minimum absolute atomic E-state index is 0.488. The Labute approximate surface area is 104 Å². The largest absolute Gasteiger partial charge is 0.327 e. The average Bonchev–Trinajstić information content (AvgIpc) is 2.77. The summed E-state index contributed by atoms with van der Waals surface area (Å²) in [6, 6.07) is 7.95. The van der Waals surface area contributed by atoms with Crippen LogP contribution in [-0.2, 0) is 13.6 Å². The number of rotatable bonds is 2. The minimum Gasteiger partial charge on any atom is -0.327 e. The third-order valence-electron chi connectivity index (χ3n) is 3.06. The van der Waals surface area contributed by atoms with Gasteiger partial charge in [-0.25, -0.2) is 4.98 Å². The van der Waals surface area contributed by atoms with Crippen molar-refractivity contribution in [1.29, 1.82) is 0 Å². The highest BCUT2D eigenvalue weighted by Crippen LogP contribution is 2.24. The number of hydrogen-bond donors (Lipinski definition) is 1. The van der Waals surface area contributed by atoms with Gasteiger partial charge in [0.1, 0.15) is 5.82 Å². The fourth-order valence-electron chi connectivity index (χ4n) is 2.12. The lowest BCUT2D eigenvalue weighted by Crippen LogP contribution is -1.97. The average molecular weight is 239 g/mol. The van der Waals surface area contributed by atoms with E-state index < -0.39 is 0 Å². The molecule has 2 aromatic heterocycles. The molecule has 0 saturated carbocycles. The van der Waals surface area contributed by atoms with Gasteiger partial charge in [0.15, 0.2) is 0 Å². The Hall–Kier alpha value is -2.27. The first-order chi connectivity index (χ1) is 8.81. The molecule has 0 aliphatic heterocycles. The molecule has 3 rings (SSSR count). The van der Waals surface area contributed by atoms with Gasteiger partial charge in [0.05, 0.1) is 23.4 Å². The molecule has 2 heterocycles. The van der Waals surface area contributed by atoms with Crippen molar-refractivity contribution in [3.05, 3.63) is 42.2 Å². The van der Waals surface area contributed by atoms with Crippen LogP contribution in [0.5, 0.6) is 0 Å². The van der Waals surface area contributed by atoms with Crippen molar-refractivity contribution in [2.45, 2.75) is 6.54 Å². The summed E-state index contributed by atoms with van der Waals surface area (Å²) in [5.74, 6) is 0.876. The highest BCUT2D eigenvalue weighted by molar-refractivity contribution is 5.83. The quantitative estimate of drug-likeness (QED) is 0.735. The van der Waals surface area contributed by atoms with Crippen molar-refractivity contribution in [2.75, 3.05) is 0 Å². The predicted octanol–water partition coefficient (Wildman–Crippen LogP) is 1.49. The summed E-state index contributed by atoms with van der Waals surface area (Å²) >= 11 is 0. The monoisotopic (exact) mass is 239 g/mol. The van der Waals surface area contributed by atoms with Crippen molar-refractivity contribution in [2.24, 2.45) is 12.8 Å². The molecule has 0 atom stereocenters. The second-order valence-electron chi connectivity index (χ2n) is 4.11. The van der Waals surface area contributed by atoms with Crippen LogP contribution in [0.4, 0.5) is 0 Å². The molecule has 0 bridgehead atoms. The van der Waals surface area contributed by atoms with Crippen LogP contribution in [0.2, 0.25) is 0 Å². The SMILES string of the molecule is Cn1c(-c2ccnnc2)nc2c(CN)cccc21. The second kappa shape index (κ2) is 4.19. The number of fused-ring (bicyclic) bond motifs is 1. The predicted molar refractivity (Wildman–Crippen MR) is 69.6 cm³/mol. The number of aromatic nitrogens is 4. The summed E-state index contributed by atoms with van der Waals surface area (Å²) < 4.78 is 2.05. The number of imidazole rings is 1. The number of para-hydroxylation sites is 1. The molecule has 0 unspecified atom stereocenters. The Balaban J connectivity index is 2.29. The van der Waals surface area contributed by atoms with E-state index in [-0.39, 0.29) is 0 Å². The molecular formula is C13H13N5. The first-order valence-corrected chi connectivity index (χ1v) is 5.72. The van der Waals surface area contributed by atoms with E-state index in [0.717, 1.165) is 28.0 Å². The summed E-state index contributed by atoms with van der Waals surface area (Å²) in [5.41, 5.74) is 9.77. The maximum Gasteiger partial charge on any atom is 0.142 e. The zero-order chi connectivity index (χ0) is 12.5. The molecule has 0 saturated heterocycles. The number of hydrogen-bond acceptors (Lipinski definition) is 4. The smallest absolute Gasteiger partial charge is 0.142 e. The van der Waals surface area contributed by atoms with Crippen LogP contribution in [0.25, 0.3) is 22.4 Å². The Kier molecular flexibility index (Phi) is 2.53. The van der Waals surface area contributed by atoms with E-state index in [0.29, 0.717) is 6.54 Å². The highest BCUT2D eigenvalue weighted by Gasteiger charge is 2.11. The molecule has 0 aliphatic rings. The van der Waals surface area contributed by atoms with Crippen LogP contribution in [0.15, 0.2) is 36.7 Å². The van der Waals surface area contributed by atoms with Crippen LogP contribution in [0, 0.1) is 0 Å². The number of nitrogens with zero attached hydrogens (tertiary/aromatic N) is 4.